The van der Waals surface area contributed by atoms with Crippen LogP contribution in [0.15, 0.2) is 48.5 Å². The molecule has 4 aliphatic heterocycles. The lowest BCUT2D eigenvalue weighted by atomic mass is 9.82. The fraction of sp³-hybridized carbons (Fsp3) is 0.457. The van der Waals surface area contributed by atoms with Crippen LogP contribution >= 0.6 is 11.6 Å². The van der Waals surface area contributed by atoms with Crippen LogP contribution in [-0.4, -0.2) is 71.5 Å². The Balaban J connectivity index is 0.969. The SMILES string of the molecule is O=COc1ccc2nc(CN3CC[C@@H]4c5nc(OCc6ccc(C7COC7)cc6Cl)ccc5COC[C@@H]4C3)n(C[C@@H]3CCO3)c2c1. The zero-order valence-corrected chi connectivity index (χ0v) is 26.4. The molecule has 4 aromatic rings. The van der Waals surface area contributed by atoms with Crippen molar-refractivity contribution in [3.8, 4) is 11.6 Å². The molecule has 240 valence electrons. The van der Waals surface area contributed by atoms with Gasteiger partial charge in [-0.3, -0.25) is 9.69 Å². The highest BCUT2D eigenvalue weighted by Crippen LogP contribution is 2.38. The van der Waals surface area contributed by atoms with Crippen LogP contribution in [0, 0.1) is 5.92 Å². The summed E-state index contributed by atoms with van der Waals surface area (Å²) >= 11 is 6.62. The zero-order valence-electron chi connectivity index (χ0n) is 25.6. The minimum atomic E-state index is 0.171. The van der Waals surface area contributed by atoms with Crippen LogP contribution in [-0.2, 0) is 45.3 Å². The molecule has 0 N–H and O–H groups in total. The number of hydrogen-bond acceptors (Lipinski definition) is 9. The molecule has 3 saturated heterocycles. The largest absolute Gasteiger partial charge is 0.473 e. The molecule has 0 amide bonds. The van der Waals surface area contributed by atoms with Crippen LogP contribution in [0.2, 0.25) is 5.02 Å². The van der Waals surface area contributed by atoms with E-state index in [4.69, 9.17) is 45.3 Å². The highest BCUT2D eigenvalue weighted by molar-refractivity contribution is 6.31. The number of pyridine rings is 1. The molecule has 0 unspecified atom stereocenters. The Morgan fingerprint density at radius 2 is 1.93 bits per heavy atom. The Labute approximate surface area is 272 Å². The van der Waals surface area contributed by atoms with Gasteiger partial charge in [0.1, 0.15) is 18.2 Å². The van der Waals surface area contributed by atoms with Crippen LogP contribution in [0.4, 0.5) is 0 Å². The van der Waals surface area contributed by atoms with Crippen molar-refractivity contribution < 1.29 is 28.5 Å². The molecule has 46 heavy (non-hydrogen) atoms. The lowest BCUT2D eigenvalue weighted by molar-refractivity contribution is -0.120. The summed E-state index contributed by atoms with van der Waals surface area (Å²) in [4.78, 5) is 23.5. The second kappa shape index (κ2) is 12.9. The molecule has 2 aromatic carbocycles. The van der Waals surface area contributed by atoms with Crippen LogP contribution in [0.25, 0.3) is 11.0 Å². The van der Waals surface area contributed by atoms with Gasteiger partial charge in [-0.15, -0.1) is 0 Å². The molecular formula is C35H37ClN4O6. The molecule has 0 bridgehead atoms. The molecule has 0 spiro atoms. The molecule has 0 aliphatic carbocycles. The number of rotatable bonds is 10. The number of carbonyl (C=O) groups excluding carboxylic acids is 1. The number of carbonyl (C=O) groups is 1. The minimum absolute atomic E-state index is 0.171. The lowest BCUT2D eigenvalue weighted by Crippen LogP contribution is -2.41. The molecule has 3 fully saturated rings. The van der Waals surface area contributed by atoms with Gasteiger partial charge in [0.05, 0.1) is 62.3 Å². The number of likely N-dealkylation sites (tertiary alicyclic amines) is 1. The summed E-state index contributed by atoms with van der Waals surface area (Å²) in [5.41, 5.74) is 6.21. The predicted octanol–water partition coefficient (Wildman–Crippen LogP) is 5.24. The average Bonchev–Trinajstić information content (AvgIpc) is 3.23. The normalized spacial score (nSPS) is 23.1. The maximum atomic E-state index is 11.0. The van der Waals surface area contributed by atoms with E-state index >= 15 is 0 Å². The van der Waals surface area contributed by atoms with E-state index < -0.39 is 0 Å². The van der Waals surface area contributed by atoms with Crippen molar-refractivity contribution >= 4 is 29.1 Å². The number of piperidine rings is 1. The van der Waals surface area contributed by atoms with E-state index in [0.29, 0.717) is 61.3 Å². The van der Waals surface area contributed by atoms with Crippen LogP contribution in [0.1, 0.15) is 52.9 Å². The summed E-state index contributed by atoms with van der Waals surface area (Å²) in [6.45, 7) is 7.60. The Hall–Kier alpha value is -3.54. The molecule has 2 aromatic heterocycles. The summed E-state index contributed by atoms with van der Waals surface area (Å²) in [5, 5.41) is 0.712. The summed E-state index contributed by atoms with van der Waals surface area (Å²) in [7, 11) is 0. The fourth-order valence-electron chi connectivity index (χ4n) is 7.06. The van der Waals surface area contributed by atoms with Crippen molar-refractivity contribution in [1.29, 1.82) is 0 Å². The summed E-state index contributed by atoms with van der Waals surface area (Å²) in [5.74, 6) is 3.13. The monoisotopic (exact) mass is 644 g/mol. The Kier molecular flexibility index (Phi) is 8.38. The molecule has 6 heterocycles. The van der Waals surface area contributed by atoms with Crippen molar-refractivity contribution in [3.05, 3.63) is 81.8 Å². The van der Waals surface area contributed by atoms with Gasteiger partial charge in [0, 0.05) is 53.6 Å². The number of aromatic nitrogens is 3. The number of fused-ring (bicyclic) bond motifs is 4. The summed E-state index contributed by atoms with van der Waals surface area (Å²) < 4.78 is 30.9. The Morgan fingerprint density at radius 3 is 2.72 bits per heavy atom. The maximum absolute atomic E-state index is 11.0. The van der Waals surface area contributed by atoms with Gasteiger partial charge in [-0.05, 0) is 54.8 Å². The molecule has 3 atom stereocenters. The Bertz CT molecular complexity index is 1740. The van der Waals surface area contributed by atoms with Crippen molar-refractivity contribution in [1.82, 2.24) is 19.4 Å². The molecule has 4 aliphatic rings. The first-order valence-corrected chi connectivity index (χ1v) is 16.5. The lowest BCUT2D eigenvalue weighted by Gasteiger charge is -2.37. The van der Waals surface area contributed by atoms with E-state index in [-0.39, 0.29) is 12.0 Å². The summed E-state index contributed by atoms with van der Waals surface area (Å²) in [6.07, 6.45) is 2.17. The smallest absolute Gasteiger partial charge is 0.298 e. The van der Waals surface area contributed by atoms with Gasteiger partial charge in [-0.1, -0.05) is 23.7 Å². The molecule has 0 saturated carbocycles. The van der Waals surface area contributed by atoms with Crippen molar-refractivity contribution in [3.63, 3.8) is 0 Å². The van der Waals surface area contributed by atoms with Gasteiger partial charge < -0.3 is 28.3 Å². The van der Waals surface area contributed by atoms with E-state index in [2.05, 4.69) is 21.6 Å². The van der Waals surface area contributed by atoms with Crippen LogP contribution in [0.5, 0.6) is 11.6 Å². The van der Waals surface area contributed by atoms with Gasteiger partial charge in [-0.25, -0.2) is 9.97 Å². The predicted molar refractivity (Wildman–Crippen MR) is 170 cm³/mol. The average molecular weight is 645 g/mol. The number of ether oxygens (including phenoxy) is 5. The quantitative estimate of drug-likeness (QED) is 0.215. The molecule has 10 nitrogen and oxygen atoms in total. The minimum Gasteiger partial charge on any atom is -0.473 e. The first-order chi connectivity index (χ1) is 22.6. The van der Waals surface area contributed by atoms with Gasteiger partial charge in [0.25, 0.3) is 6.47 Å². The van der Waals surface area contributed by atoms with E-state index in [1.54, 1.807) is 6.07 Å². The van der Waals surface area contributed by atoms with E-state index in [1.807, 2.05) is 30.3 Å². The second-order valence-corrected chi connectivity index (χ2v) is 13.2. The van der Waals surface area contributed by atoms with Crippen molar-refractivity contribution in [2.75, 3.05) is 39.5 Å². The first-order valence-electron chi connectivity index (χ1n) is 16.1. The first kappa shape index (κ1) is 29.8. The van der Waals surface area contributed by atoms with Crippen LogP contribution < -0.4 is 9.47 Å². The number of imidazole rings is 1. The highest BCUT2D eigenvalue weighted by atomic mass is 35.5. The number of nitrogens with zero attached hydrogens (tertiary/aromatic N) is 4. The third-order valence-electron chi connectivity index (χ3n) is 9.84. The van der Waals surface area contributed by atoms with Gasteiger partial charge >= 0.3 is 0 Å². The topological polar surface area (TPSA) is 97.2 Å². The van der Waals surface area contributed by atoms with E-state index in [0.717, 1.165) is 86.0 Å². The van der Waals surface area contributed by atoms with Gasteiger partial charge in [0.15, 0.2) is 0 Å². The standard InChI is InChI=1S/C35H37ClN4O6/c36-30-11-22(26-18-43-19-26)1-2-23(30)20-45-34-6-3-24-16-42-17-25-13-39(9-7-29(25)35(24)38-34)15-33-37-31-5-4-27(46-21-41)12-32(31)40(33)14-28-8-10-44-28/h1-6,11-12,21,25-26,28-29H,7-10,13-20H2/t25-,28-,29-/m0/s1. The molecular weight excluding hydrogens is 608 g/mol. The van der Waals surface area contributed by atoms with Crippen molar-refractivity contribution in [2.24, 2.45) is 5.92 Å². The number of hydrogen-bond donors (Lipinski definition) is 0. The maximum Gasteiger partial charge on any atom is 0.298 e. The fourth-order valence-corrected chi connectivity index (χ4v) is 7.30. The molecule has 11 heteroatoms. The van der Waals surface area contributed by atoms with Gasteiger partial charge in [-0.2, -0.15) is 0 Å². The van der Waals surface area contributed by atoms with Crippen LogP contribution in [0.3, 0.4) is 0 Å². The van der Waals surface area contributed by atoms with Gasteiger partial charge in [0.2, 0.25) is 5.88 Å². The second-order valence-electron chi connectivity index (χ2n) is 12.8. The third kappa shape index (κ3) is 6.00. The Morgan fingerprint density at radius 1 is 1.02 bits per heavy atom. The number of halogens is 1. The molecule has 8 rings (SSSR count). The zero-order chi connectivity index (χ0) is 31.0. The van der Waals surface area contributed by atoms with E-state index in [9.17, 15) is 4.79 Å². The summed E-state index contributed by atoms with van der Waals surface area (Å²) in [6, 6.07) is 15.8. The van der Waals surface area contributed by atoms with Crippen molar-refractivity contribution in [2.45, 2.75) is 57.1 Å². The number of benzene rings is 2. The highest BCUT2D eigenvalue weighted by Gasteiger charge is 2.36. The van der Waals surface area contributed by atoms with E-state index in [1.165, 1.54) is 5.56 Å². The third-order valence-corrected chi connectivity index (χ3v) is 10.2. The molecule has 0 radical (unpaired) electrons.